The van der Waals surface area contributed by atoms with Gasteiger partial charge in [-0.25, -0.2) is 9.97 Å². The molecule has 0 spiro atoms. The summed E-state index contributed by atoms with van der Waals surface area (Å²) in [6.07, 6.45) is 3.46. The zero-order chi connectivity index (χ0) is 17.1. The van der Waals surface area contributed by atoms with Crippen molar-refractivity contribution in [1.29, 1.82) is 0 Å². The summed E-state index contributed by atoms with van der Waals surface area (Å²) in [6, 6.07) is 7.38. The molecule has 0 unspecified atom stereocenters. The van der Waals surface area contributed by atoms with Gasteiger partial charge < -0.3 is 10.3 Å². The van der Waals surface area contributed by atoms with Crippen LogP contribution >= 0.6 is 11.3 Å². The first-order valence-electron chi connectivity index (χ1n) is 7.87. The molecular weight excluding hydrogens is 320 g/mol. The number of rotatable bonds is 5. The average molecular weight is 340 g/mol. The number of hydrogen-bond donors (Lipinski definition) is 2. The number of carbonyl (C=O) groups excluding carboxylic acids is 1. The van der Waals surface area contributed by atoms with Crippen molar-refractivity contribution in [1.82, 2.24) is 20.3 Å². The van der Waals surface area contributed by atoms with Crippen molar-refractivity contribution in [3.05, 3.63) is 58.4 Å². The Balaban J connectivity index is 1.75. The van der Waals surface area contributed by atoms with E-state index in [9.17, 15) is 4.79 Å². The molecule has 0 aliphatic carbocycles. The lowest BCUT2D eigenvalue weighted by molar-refractivity contribution is 0.0923. The number of thiazole rings is 1. The van der Waals surface area contributed by atoms with E-state index in [2.05, 4.69) is 34.1 Å². The molecule has 6 heteroatoms. The second-order valence-corrected chi connectivity index (χ2v) is 7.06. The summed E-state index contributed by atoms with van der Waals surface area (Å²) >= 11 is 1.62. The molecule has 24 heavy (non-hydrogen) atoms. The van der Waals surface area contributed by atoms with Crippen LogP contribution in [-0.4, -0.2) is 20.9 Å². The van der Waals surface area contributed by atoms with Crippen LogP contribution in [0.3, 0.4) is 0 Å². The monoisotopic (exact) mass is 340 g/mol. The average Bonchev–Trinajstić information content (AvgIpc) is 3.24. The molecule has 0 saturated carbocycles. The summed E-state index contributed by atoms with van der Waals surface area (Å²) in [5.74, 6) is 0.899. The van der Waals surface area contributed by atoms with E-state index in [1.165, 1.54) is 0 Å². The first-order chi connectivity index (χ1) is 11.5. The summed E-state index contributed by atoms with van der Waals surface area (Å²) in [5.41, 5.74) is 2.59. The molecular formula is C18H20N4OS. The maximum Gasteiger partial charge on any atom is 0.251 e. The number of aryl methyl sites for hydroxylation is 1. The van der Waals surface area contributed by atoms with Gasteiger partial charge >= 0.3 is 0 Å². The van der Waals surface area contributed by atoms with Gasteiger partial charge in [-0.1, -0.05) is 26.0 Å². The third-order valence-electron chi connectivity index (χ3n) is 3.83. The number of aromatic nitrogens is 3. The predicted octanol–water partition coefficient (Wildman–Crippen LogP) is 3.97. The number of nitrogens with one attached hydrogen (secondary N) is 2. The Kier molecular flexibility index (Phi) is 4.76. The van der Waals surface area contributed by atoms with Crippen molar-refractivity contribution in [2.45, 2.75) is 26.8 Å². The van der Waals surface area contributed by atoms with E-state index >= 15 is 0 Å². The van der Waals surface area contributed by atoms with E-state index in [1.54, 1.807) is 23.7 Å². The molecule has 0 radical (unpaired) electrons. The van der Waals surface area contributed by atoms with Crippen molar-refractivity contribution in [3.8, 4) is 11.3 Å². The van der Waals surface area contributed by atoms with Gasteiger partial charge in [0.2, 0.25) is 0 Å². The van der Waals surface area contributed by atoms with Crippen LogP contribution in [-0.2, 0) is 0 Å². The zero-order valence-electron chi connectivity index (χ0n) is 13.9. The fraction of sp³-hybridized carbons (Fsp3) is 0.278. The highest BCUT2D eigenvalue weighted by Gasteiger charge is 2.21. The van der Waals surface area contributed by atoms with E-state index in [0.29, 0.717) is 5.56 Å². The van der Waals surface area contributed by atoms with E-state index in [1.807, 2.05) is 36.6 Å². The van der Waals surface area contributed by atoms with E-state index < -0.39 is 0 Å². The standard InChI is InChI=1S/C18H20N4OS/c1-11(2)16(17-19-8-9-20-17)22-18(23)14-6-4-13(5-7-14)15-10-24-12(3)21-15/h4-11,16H,1-3H3,(H,19,20)(H,22,23)/t16-/m0/s1. The second-order valence-electron chi connectivity index (χ2n) is 6.00. The third-order valence-corrected chi connectivity index (χ3v) is 4.60. The number of nitrogens with zero attached hydrogens (tertiary/aromatic N) is 2. The lowest BCUT2D eigenvalue weighted by Crippen LogP contribution is -2.32. The first-order valence-corrected chi connectivity index (χ1v) is 8.75. The zero-order valence-corrected chi connectivity index (χ0v) is 14.7. The van der Waals surface area contributed by atoms with Gasteiger partial charge in [-0.15, -0.1) is 11.3 Å². The Bertz CT molecular complexity index is 806. The molecule has 1 amide bonds. The van der Waals surface area contributed by atoms with Crippen molar-refractivity contribution in [2.75, 3.05) is 0 Å². The molecule has 0 bridgehead atoms. The Hall–Kier alpha value is -2.47. The number of amides is 1. The van der Waals surface area contributed by atoms with Crippen molar-refractivity contribution < 1.29 is 4.79 Å². The lowest BCUT2D eigenvalue weighted by atomic mass is 10.0. The van der Waals surface area contributed by atoms with Crippen LogP contribution < -0.4 is 5.32 Å². The minimum atomic E-state index is -0.145. The summed E-state index contributed by atoms with van der Waals surface area (Å²) in [5, 5.41) is 6.11. The largest absolute Gasteiger partial charge is 0.347 e. The van der Waals surface area contributed by atoms with Gasteiger partial charge in [0.25, 0.3) is 5.91 Å². The van der Waals surface area contributed by atoms with Crippen LogP contribution in [0, 0.1) is 12.8 Å². The molecule has 0 aliphatic heterocycles. The van der Waals surface area contributed by atoms with E-state index in [4.69, 9.17) is 0 Å². The maximum absolute atomic E-state index is 12.5. The molecule has 2 N–H and O–H groups in total. The number of hydrogen-bond acceptors (Lipinski definition) is 4. The van der Waals surface area contributed by atoms with Crippen molar-refractivity contribution in [2.24, 2.45) is 5.92 Å². The normalized spacial score (nSPS) is 12.3. The molecule has 3 rings (SSSR count). The molecule has 3 aromatic rings. The molecule has 0 saturated heterocycles. The number of benzene rings is 1. The summed E-state index contributed by atoms with van der Waals surface area (Å²) < 4.78 is 0. The van der Waals surface area contributed by atoms with Crippen LogP contribution in [0.2, 0.25) is 0 Å². The smallest absolute Gasteiger partial charge is 0.251 e. The number of aromatic amines is 1. The molecule has 2 heterocycles. The Morgan fingerprint density at radius 2 is 2.00 bits per heavy atom. The molecule has 1 atom stereocenters. The number of carbonyl (C=O) groups is 1. The minimum Gasteiger partial charge on any atom is -0.347 e. The fourth-order valence-electron chi connectivity index (χ4n) is 2.51. The van der Waals surface area contributed by atoms with Gasteiger partial charge in [0.05, 0.1) is 16.7 Å². The molecule has 5 nitrogen and oxygen atoms in total. The van der Waals surface area contributed by atoms with Crippen LogP contribution in [0.4, 0.5) is 0 Å². The topological polar surface area (TPSA) is 70.7 Å². The predicted molar refractivity (Wildman–Crippen MR) is 95.9 cm³/mol. The van der Waals surface area contributed by atoms with Gasteiger partial charge in [-0.05, 0) is 25.0 Å². The van der Waals surface area contributed by atoms with Gasteiger partial charge in [-0.3, -0.25) is 4.79 Å². The number of imidazole rings is 1. The van der Waals surface area contributed by atoms with Gasteiger partial charge in [-0.2, -0.15) is 0 Å². The second kappa shape index (κ2) is 6.97. The van der Waals surface area contributed by atoms with Gasteiger partial charge in [0.15, 0.2) is 0 Å². The highest BCUT2D eigenvalue weighted by molar-refractivity contribution is 7.09. The highest BCUT2D eigenvalue weighted by Crippen LogP contribution is 2.23. The number of H-pyrrole nitrogens is 1. The summed E-state index contributed by atoms with van der Waals surface area (Å²) in [4.78, 5) is 24.3. The van der Waals surface area contributed by atoms with Gasteiger partial charge in [0.1, 0.15) is 5.82 Å². The van der Waals surface area contributed by atoms with Crippen molar-refractivity contribution in [3.63, 3.8) is 0 Å². The maximum atomic E-state index is 12.5. The Labute approximate surface area is 145 Å². The quantitative estimate of drug-likeness (QED) is 0.738. The van der Waals surface area contributed by atoms with Crippen LogP contribution in [0.1, 0.15) is 41.1 Å². The molecule has 1 aromatic carbocycles. The van der Waals surface area contributed by atoms with Crippen LogP contribution in [0.5, 0.6) is 0 Å². The van der Waals surface area contributed by atoms with Crippen molar-refractivity contribution >= 4 is 17.2 Å². The summed E-state index contributed by atoms with van der Waals surface area (Å²) in [7, 11) is 0. The molecule has 2 aromatic heterocycles. The van der Waals surface area contributed by atoms with Crippen LogP contribution in [0.25, 0.3) is 11.3 Å². The molecule has 0 aliphatic rings. The molecule has 0 fully saturated rings. The Morgan fingerprint density at radius 1 is 1.25 bits per heavy atom. The highest BCUT2D eigenvalue weighted by atomic mass is 32.1. The van der Waals surface area contributed by atoms with Crippen LogP contribution in [0.15, 0.2) is 42.0 Å². The first kappa shape index (κ1) is 16.4. The SMILES string of the molecule is Cc1nc(-c2ccc(C(=O)N[C@H](c3ncc[nH]3)C(C)C)cc2)cs1. The minimum absolute atomic E-state index is 0.105. The van der Waals surface area contributed by atoms with E-state index in [-0.39, 0.29) is 17.9 Å². The Morgan fingerprint density at radius 3 is 2.54 bits per heavy atom. The molecule has 124 valence electrons. The summed E-state index contributed by atoms with van der Waals surface area (Å²) in [6.45, 7) is 6.10. The fourth-order valence-corrected chi connectivity index (χ4v) is 3.13. The lowest BCUT2D eigenvalue weighted by Gasteiger charge is -2.20. The van der Waals surface area contributed by atoms with E-state index in [0.717, 1.165) is 22.1 Å². The third kappa shape index (κ3) is 3.54. The van der Waals surface area contributed by atoms with Gasteiger partial charge in [0, 0.05) is 28.9 Å².